The predicted octanol–water partition coefficient (Wildman–Crippen LogP) is -0.487. The summed E-state index contributed by atoms with van der Waals surface area (Å²) in [7, 11) is 0. The van der Waals surface area contributed by atoms with Gasteiger partial charge in [-0.3, -0.25) is 4.79 Å². The Morgan fingerprint density at radius 2 is 2.36 bits per heavy atom. The fourth-order valence-electron chi connectivity index (χ4n) is 0.839. The summed E-state index contributed by atoms with van der Waals surface area (Å²) in [5.74, 6) is -0.235. The Bertz CT molecular complexity index is 293. The minimum absolute atomic E-state index is 0.235. The van der Waals surface area contributed by atoms with Crippen LogP contribution in [0.1, 0.15) is 0 Å². The Kier molecular flexibility index (Phi) is 2.28. The van der Waals surface area contributed by atoms with Crippen LogP contribution in [0.2, 0.25) is 0 Å². The molecular weight excluding hydrogens is 144 g/mol. The molecule has 4 nitrogen and oxygen atoms in total. The topological polar surface area (TPSA) is 68.2 Å². The molecule has 1 heterocycles. The predicted molar refractivity (Wildman–Crippen MR) is 41.4 cm³/mol. The Morgan fingerprint density at radius 1 is 1.64 bits per heavy atom. The highest BCUT2D eigenvalue weighted by Gasteiger charge is 1.97. The number of hydrogen-bond donors (Lipinski definition) is 2. The summed E-state index contributed by atoms with van der Waals surface area (Å²) < 4.78 is 1.37. The van der Waals surface area contributed by atoms with Gasteiger partial charge < -0.3 is 15.4 Å². The highest BCUT2D eigenvalue weighted by Crippen LogP contribution is 1.96. The molecule has 0 bridgehead atoms. The lowest BCUT2D eigenvalue weighted by atomic mass is 10.4. The summed E-state index contributed by atoms with van der Waals surface area (Å²) in [5.41, 5.74) is 4.85. The third-order valence-corrected chi connectivity index (χ3v) is 1.37. The maximum atomic E-state index is 11.0. The van der Waals surface area contributed by atoms with E-state index in [4.69, 9.17) is 10.8 Å². The van der Waals surface area contributed by atoms with Crippen LogP contribution in [0.4, 0.5) is 0 Å². The molecule has 0 aliphatic rings. The second kappa shape index (κ2) is 3.21. The fourth-order valence-corrected chi connectivity index (χ4v) is 0.839. The molecule has 0 spiro atoms. The van der Waals surface area contributed by atoms with Gasteiger partial charge >= 0.3 is 0 Å². The Hall–Kier alpha value is -1.29. The fraction of sp³-hybridized carbons (Fsp3) is 0.286. The van der Waals surface area contributed by atoms with Crippen molar-refractivity contribution in [3.8, 4) is 5.75 Å². The van der Waals surface area contributed by atoms with Gasteiger partial charge in [0.1, 0.15) is 0 Å². The van der Waals surface area contributed by atoms with Crippen molar-refractivity contribution < 1.29 is 5.11 Å². The molecule has 4 heteroatoms. The molecule has 0 aromatic carbocycles. The Labute approximate surface area is 63.9 Å². The molecule has 0 fully saturated rings. The number of pyridine rings is 1. The van der Waals surface area contributed by atoms with Crippen LogP contribution < -0.4 is 11.3 Å². The van der Waals surface area contributed by atoms with Crippen molar-refractivity contribution in [2.75, 3.05) is 6.54 Å². The van der Waals surface area contributed by atoms with Crippen molar-refractivity contribution in [3.63, 3.8) is 0 Å². The van der Waals surface area contributed by atoms with Gasteiger partial charge in [-0.15, -0.1) is 0 Å². The van der Waals surface area contributed by atoms with Crippen LogP contribution in [0.3, 0.4) is 0 Å². The molecule has 0 unspecified atom stereocenters. The van der Waals surface area contributed by atoms with E-state index in [-0.39, 0.29) is 5.75 Å². The van der Waals surface area contributed by atoms with E-state index in [9.17, 15) is 4.79 Å². The maximum absolute atomic E-state index is 11.0. The molecule has 0 aliphatic carbocycles. The van der Waals surface area contributed by atoms with Gasteiger partial charge in [-0.05, 0) is 12.1 Å². The van der Waals surface area contributed by atoms with Crippen LogP contribution >= 0.6 is 0 Å². The first kappa shape index (κ1) is 7.81. The van der Waals surface area contributed by atoms with Crippen LogP contribution in [0.25, 0.3) is 0 Å². The monoisotopic (exact) mass is 154 g/mol. The molecule has 0 amide bonds. The van der Waals surface area contributed by atoms with Gasteiger partial charge in [0, 0.05) is 19.3 Å². The molecule has 3 N–H and O–H groups in total. The van der Waals surface area contributed by atoms with Gasteiger partial charge in [0.05, 0.1) is 0 Å². The van der Waals surface area contributed by atoms with Gasteiger partial charge in [0.15, 0.2) is 5.75 Å². The molecule has 60 valence electrons. The number of hydrogen-bond acceptors (Lipinski definition) is 3. The van der Waals surface area contributed by atoms with E-state index in [0.717, 1.165) is 0 Å². The van der Waals surface area contributed by atoms with Crippen molar-refractivity contribution in [2.24, 2.45) is 5.73 Å². The van der Waals surface area contributed by atoms with E-state index in [1.807, 2.05) is 0 Å². The largest absolute Gasteiger partial charge is 0.503 e. The van der Waals surface area contributed by atoms with Gasteiger partial charge in [0.25, 0.3) is 5.56 Å². The lowest BCUT2D eigenvalue weighted by molar-refractivity contribution is 0.457. The number of nitrogens with two attached hydrogens (primary N) is 1. The quantitative estimate of drug-likeness (QED) is 0.604. The number of nitrogens with zero attached hydrogens (tertiary/aromatic N) is 1. The van der Waals surface area contributed by atoms with Crippen molar-refractivity contribution in [3.05, 3.63) is 28.7 Å². The van der Waals surface area contributed by atoms with Crippen molar-refractivity contribution >= 4 is 0 Å². The van der Waals surface area contributed by atoms with Crippen LogP contribution in [0, 0.1) is 0 Å². The molecule has 0 atom stereocenters. The first-order valence-electron chi connectivity index (χ1n) is 3.34. The van der Waals surface area contributed by atoms with Gasteiger partial charge in [-0.25, -0.2) is 0 Å². The van der Waals surface area contributed by atoms with Gasteiger partial charge in [-0.2, -0.15) is 0 Å². The number of aromatic hydroxyl groups is 1. The summed E-state index contributed by atoms with van der Waals surface area (Å²) in [5, 5.41) is 8.95. The first-order chi connectivity index (χ1) is 5.25. The van der Waals surface area contributed by atoms with Crippen LogP contribution in [-0.2, 0) is 6.54 Å². The third kappa shape index (κ3) is 1.59. The first-order valence-corrected chi connectivity index (χ1v) is 3.34. The van der Waals surface area contributed by atoms with E-state index in [1.54, 1.807) is 12.3 Å². The SMILES string of the molecule is NCCn1cccc(O)c1=O. The average Bonchev–Trinajstić information content (AvgIpc) is 1.99. The van der Waals surface area contributed by atoms with Gasteiger partial charge in [0.2, 0.25) is 0 Å². The second-order valence-corrected chi connectivity index (χ2v) is 2.18. The molecule has 11 heavy (non-hydrogen) atoms. The zero-order valence-electron chi connectivity index (χ0n) is 6.03. The van der Waals surface area contributed by atoms with E-state index >= 15 is 0 Å². The normalized spacial score (nSPS) is 9.91. The molecule has 1 rings (SSSR count). The standard InChI is InChI=1S/C7H10N2O2/c8-3-5-9-4-1-2-6(10)7(9)11/h1-2,4,10H,3,5,8H2. The number of rotatable bonds is 2. The highest BCUT2D eigenvalue weighted by atomic mass is 16.3. The molecule has 0 radical (unpaired) electrons. The van der Waals surface area contributed by atoms with Crippen LogP contribution in [0.5, 0.6) is 5.75 Å². The maximum Gasteiger partial charge on any atom is 0.292 e. The van der Waals surface area contributed by atoms with E-state index in [1.165, 1.54) is 10.6 Å². The smallest absolute Gasteiger partial charge is 0.292 e. The van der Waals surface area contributed by atoms with E-state index in [2.05, 4.69) is 0 Å². The van der Waals surface area contributed by atoms with Crippen molar-refractivity contribution in [2.45, 2.75) is 6.54 Å². The third-order valence-electron chi connectivity index (χ3n) is 1.37. The molecule has 0 saturated heterocycles. The number of aromatic nitrogens is 1. The van der Waals surface area contributed by atoms with E-state index in [0.29, 0.717) is 13.1 Å². The molecule has 1 aromatic heterocycles. The summed E-state index contributed by atoms with van der Waals surface area (Å²) in [6, 6.07) is 2.96. The van der Waals surface area contributed by atoms with Gasteiger partial charge in [-0.1, -0.05) is 0 Å². The molecular formula is C7H10N2O2. The van der Waals surface area contributed by atoms with Crippen molar-refractivity contribution in [1.29, 1.82) is 0 Å². The minimum atomic E-state index is -0.391. The summed E-state index contributed by atoms with van der Waals surface area (Å²) in [4.78, 5) is 11.0. The average molecular weight is 154 g/mol. The Morgan fingerprint density at radius 3 is 3.00 bits per heavy atom. The van der Waals surface area contributed by atoms with Crippen LogP contribution in [-0.4, -0.2) is 16.2 Å². The summed E-state index contributed by atoms with van der Waals surface area (Å²) in [6.07, 6.45) is 1.59. The lowest BCUT2D eigenvalue weighted by Gasteiger charge is -2.01. The zero-order valence-corrected chi connectivity index (χ0v) is 6.03. The molecule has 0 aliphatic heterocycles. The minimum Gasteiger partial charge on any atom is -0.503 e. The Balaban J connectivity index is 3.07. The molecule has 1 aromatic rings. The summed E-state index contributed by atoms with van der Waals surface area (Å²) >= 11 is 0. The second-order valence-electron chi connectivity index (χ2n) is 2.18. The summed E-state index contributed by atoms with van der Waals surface area (Å²) in [6.45, 7) is 0.830. The highest BCUT2D eigenvalue weighted by molar-refractivity contribution is 5.14. The van der Waals surface area contributed by atoms with E-state index < -0.39 is 5.56 Å². The lowest BCUT2D eigenvalue weighted by Crippen LogP contribution is -2.22. The van der Waals surface area contributed by atoms with Crippen LogP contribution in [0.15, 0.2) is 23.1 Å². The van der Waals surface area contributed by atoms with Crippen molar-refractivity contribution in [1.82, 2.24) is 4.57 Å². The zero-order chi connectivity index (χ0) is 8.27. The molecule has 0 saturated carbocycles.